The van der Waals surface area contributed by atoms with Crippen LogP contribution in [0.1, 0.15) is 24.5 Å². The van der Waals surface area contributed by atoms with E-state index in [1.165, 1.54) is 9.87 Å². The first-order chi connectivity index (χ1) is 14.0. The number of likely N-dealkylation sites (N-methyl/N-ethyl adjacent to an activating group) is 1. The minimum absolute atomic E-state index is 0.218. The standard InChI is InChI=1S/C22H23N3O3S/c1-3-25(15-19-14-20(24-28-19)17-11-9-16(2)10-12-17)29(26,27)21-8-4-6-18-7-5-13-23-22(18)21/h4-13,19H,3,14-15H2,1-2H3/t19-/m1/s1. The Morgan fingerprint density at radius 2 is 1.86 bits per heavy atom. The highest BCUT2D eigenvalue weighted by Crippen LogP contribution is 2.26. The van der Waals surface area contributed by atoms with Crippen molar-refractivity contribution in [2.75, 3.05) is 13.1 Å². The zero-order valence-electron chi connectivity index (χ0n) is 16.4. The maximum atomic E-state index is 13.3. The van der Waals surface area contributed by atoms with E-state index in [0.29, 0.717) is 18.5 Å². The van der Waals surface area contributed by atoms with Gasteiger partial charge in [-0.25, -0.2) is 8.42 Å². The maximum Gasteiger partial charge on any atom is 0.245 e. The molecule has 7 heteroatoms. The van der Waals surface area contributed by atoms with Gasteiger partial charge in [-0.15, -0.1) is 0 Å². The van der Waals surface area contributed by atoms with Crippen molar-refractivity contribution < 1.29 is 13.3 Å². The Morgan fingerprint density at radius 1 is 1.10 bits per heavy atom. The molecule has 1 aliphatic rings. The van der Waals surface area contributed by atoms with E-state index < -0.39 is 10.0 Å². The first kappa shape index (κ1) is 19.5. The van der Waals surface area contributed by atoms with Gasteiger partial charge in [0, 0.05) is 24.5 Å². The fourth-order valence-electron chi connectivity index (χ4n) is 3.49. The Balaban J connectivity index is 1.54. The quantitative estimate of drug-likeness (QED) is 0.622. The van der Waals surface area contributed by atoms with E-state index in [0.717, 1.165) is 16.7 Å². The molecule has 0 N–H and O–H groups in total. The molecule has 6 nitrogen and oxygen atoms in total. The first-order valence-corrected chi connectivity index (χ1v) is 11.1. The van der Waals surface area contributed by atoms with Crippen molar-refractivity contribution in [2.24, 2.45) is 5.16 Å². The maximum absolute atomic E-state index is 13.3. The number of pyridine rings is 1. The van der Waals surface area contributed by atoms with Gasteiger partial charge < -0.3 is 4.84 Å². The predicted molar refractivity (Wildman–Crippen MR) is 113 cm³/mol. The van der Waals surface area contributed by atoms with Crippen LogP contribution in [0.25, 0.3) is 10.9 Å². The molecule has 0 unspecified atom stereocenters. The number of para-hydroxylation sites is 1. The second-order valence-electron chi connectivity index (χ2n) is 7.12. The number of fused-ring (bicyclic) bond motifs is 1. The van der Waals surface area contributed by atoms with Crippen LogP contribution in [0.4, 0.5) is 0 Å². The lowest BCUT2D eigenvalue weighted by Gasteiger charge is -2.23. The normalized spacial score (nSPS) is 16.8. The summed E-state index contributed by atoms with van der Waals surface area (Å²) >= 11 is 0. The summed E-state index contributed by atoms with van der Waals surface area (Å²) in [5, 5.41) is 4.99. The van der Waals surface area contributed by atoms with Gasteiger partial charge in [-0.1, -0.05) is 60.1 Å². The highest BCUT2D eigenvalue weighted by atomic mass is 32.2. The van der Waals surface area contributed by atoms with E-state index in [1.54, 1.807) is 24.4 Å². The van der Waals surface area contributed by atoms with Gasteiger partial charge >= 0.3 is 0 Å². The Kier molecular flexibility index (Phi) is 5.34. The number of rotatable bonds is 6. The smallest absolute Gasteiger partial charge is 0.245 e. The number of benzene rings is 2. The van der Waals surface area contributed by atoms with Gasteiger partial charge in [0.15, 0.2) is 0 Å². The molecular weight excluding hydrogens is 386 g/mol. The van der Waals surface area contributed by atoms with Crippen LogP contribution in [-0.4, -0.2) is 42.6 Å². The summed E-state index contributed by atoms with van der Waals surface area (Å²) in [6, 6.07) is 17.0. The predicted octanol–water partition coefficient (Wildman–Crippen LogP) is 3.75. The van der Waals surface area contributed by atoms with Gasteiger partial charge in [-0.3, -0.25) is 4.98 Å². The van der Waals surface area contributed by atoms with Crippen LogP contribution in [0.15, 0.2) is 70.8 Å². The molecule has 150 valence electrons. The third kappa shape index (κ3) is 3.88. The summed E-state index contributed by atoms with van der Waals surface area (Å²) in [6.07, 6.45) is 1.87. The molecule has 0 spiro atoms. The zero-order valence-corrected chi connectivity index (χ0v) is 17.3. The third-order valence-corrected chi connectivity index (χ3v) is 7.06. The molecule has 0 saturated heterocycles. The summed E-state index contributed by atoms with van der Waals surface area (Å²) < 4.78 is 28.1. The van der Waals surface area contributed by atoms with Crippen LogP contribution in [-0.2, 0) is 14.9 Å². The molecule has 0 aliphatic carbocycles. The van der Waals surface area contributed by atoms with E-state index in [1.807, 2.05) is 50.2 Å². The SMILES string of the molecule is CCN(C[C@H]1CC(c2ccc(C)cc2)=NO1)S(=O)(=O)c1cccc2cccnc12. The number of aromatic nitrogens is 1. The van der Waals surface area contributed by atoms with Crippen LogP contribution in [0.2, 0.25) is 0 Å². The zero-order chi connectivity index (χ0) is 20.4. The Hall–Kier alpha value is -2.77. The number of oxime groups is 1. The molecule has 1 atom stereocenters. The van der Waals surface area contributed by atoms with Crippen molar-refractivity contribution in [3.05, 3.63) is 71.9 Å². The average Bonchev–Trinajstić information content (AvgIpc) is 3.20. The molecule has 0 amide bonds. The highest BCUT2D eigenvalue weighted by molar-refractivity contribution is 7.89. The van der Waals surface area contributed by atoms with Crippen LogP contribution in [0.5, 0.6) is 0 Å². The fraction of sp³-hybridized carbons (Fsp3) is 0.273. The van der Waals surface area contributed by atoms with E-state index in [4.69, 9.17) is 4.84 Å². The molecule has 1 aliphatic heterocycles. The molecule has 3 aromatic rings. The lowest BCUT2D eigenvalue weighted by Crippen LogP contribution is -2.37. The van der Waals surface area contributed by atoms with Crippen LogP contribution >= 0.6 is 0 Å². The summed E-state index contributed by atoms with van der Waals surface area (Å²) in [5.41, 5.74) is 3.51. The van der Waals surface area contributed by atoms with Gasteiger partial charge in [0.1, 0.15) is 11.0 Å². The van der Waals surface area contributed by atoms with Crippen molar-refractivity contribution in [3.8, 4) is 0 Å². The van der Waals surface area contributed by atoms with E-state index in [2.05, 4.69) is 10.1 Å². The lowest BCUT2D eigenvalue weighted by molar-refractivity contribution is 0.0712. The topological polar surface area (TPSA) is 71.9 Å². The number of nitrogens with zero attached hydrogens (tertiary/aromatic N) is 3. The molecule has 0 fully saturated rings. The lowest BCUT2D eigenvalue weighted by atomic mass is 10.0. The molecule has 0 radical (unpaired) electrons. The molecule has 2 aromatic carbocycles. The van der Waals surface area contributed by atoms with Crippen LogP contribution in [0, 0.1) is 6.92 Å². The van der Waals surface area contributed by atoms with Gasteiger partial charge in [-0.05, 0) is 24.6 Å². The summed E-state index contributed by atoms with van der Waals surface area (Å²) in [5.74, 6) is 0. The van der Waals surface area contributed by atoms with Gasteiger partial charge in [0.05, 0.1) is 17.8 Å². The Bertz CT molecular complexity index is 1150. The first-order valence-electron chi connectivity index (χ1n) is 9.62. The van der Waals surface area contributed by atoms with Gasteiger partial charge in [0.2, 0.25) is 10.0 Å². The van der Waals surface area contributed by atoms with E-state index in [9.17, 15) is 8.42 Å². The summed E-state index contributed by atoms with van der Waals surface area (Å²) in [6.45, 7) is 4.44. The third-order valence-electron chi connectivity index (χ3n) is 5.09. The Labute approximate surface area is 170 Å². The monoisotopic (exact) mass is 409 g/mol. The second-order valence-corrected chi connectivity index (χ2v) is 9.03. The average molecular weight is 410 g/mol. The Morgan fingerprint density at radius 3 is 2.62 bits per heavy atom. The van der Waals surface area contributed by atoms with Crippen molar-refractivity contribution >= 4 is 26.6 Å². The molecule has 2 heterocycles. The summed E-state index contributed by atoms with van der Waals surface area (Å²) in [4.78, 5) is 10.1. The molecule has 1 aromatic heterocycles. The number of sulfonamides is 1. The van der Waals surface area contributed by atoms with Crippen molar-refractivity contribution in [1.82, 2.24) is 9.29 Å². The number of hydrogen-bond acceptors (Lipinski definition) is 5. The van der Waals surface area contributed by atoms with E-state index >= 15 is 0 Å². The molecule has 4 rings (SSSR count). The van der Waals surface area contributed by atoms with E-state index in [-0.39, 0.29) is 17.5 Å². The number of aryl methyl sites for hydroxylation is 1. The number of hydrogen-bond donors (Lipinski definition) is 0. The van der Waals surface area contributed by atoms with Crippen molar-refractivity contribution in [1.29, 1.82) is 0 Å². The molecule has 0 bridgehead atoms. The van der Waals surface area contributed by atoms with Crippen molar-refractivity contribution in [3.63, 3.8) is 0 Å². The van der Waals surface area contributed by atoms with Crippen LogP contribution < -0.4 is 0 Å². The van der Waals surface area contributed by atoms with Gasteiger partial charge in [-0.2, -0.15) is 4.31 Å². The minimum atomic E-state index is -3.71. The van der Waals surface area contributed by atoms with Gasteiger partial charge in [0.25, 0.3) is 0 Å². The fourth-order valence-corrected chi connectivity index (χ4v) is 5.14. The molecule has 29 heavy (non-hydrogen) atoms. The minimum Gasteiger partial charge on any atom is -0.390 e. The van der Waals surface area contributed by atoms with Crippen LogP contribution in [0.3, 0.4) is 0 Å². The summed E-state index contributed by atoms with van der Waals surface area (Å²) in [7, 11) is -3.71. The second kappa shape index (κ2) is 7.93. The molecular formula is C22H23N3O3S. The highest BCUT2D eigenvalue weighted by Gasteiger charge is 2.31. The van der Waals surface area contributed by atoms with Crippen molar-refractivity contribution in [2.45, 2.75) is 31.3 Å². The molecule has 0 saturated carbocycles. The largest absolute Gasteiger partial charge is 0.390 e.